The normalized spacial score (nSPS) is 17.9. The Morgan fingerprint density at radius 2 is 2.03 bits per heavy atom. The van der Waals surface area contributed by atoms with Gasteiger partial charge in [0.05, 0.1) is 24.7 Å². The van der Waals surface area contributed by atoms with E-state index in [0.717, 1.165) is 17.7 Å². The van der Waals surface area contributed by atoms with Crippen molar-refractivity contribution in [1.29, 1.82) is 0 Å². The molecule has 5 rings (SSSR count). The predicted molar refractivity (Wildman–Crippen MR) is 119 cm³/mol. The van der Waals surface area contributed by atoms with Crippen LogP contribution in [0.3, 0.4) is 0 Å². The van der Waals surface area contributed by atoms with Crippen molar-refractivity contribution in [3.63, 3.8) is 0 Å². The maximum absolute atomic E-state index is 12.9. The lowest BCUT2D eigenvalue weighted by molar-refractivity contribution is -0.131. The van der Waals surface area contributed by atoms with E-state index < -0.39 is 0 Å². The van der Waals surface area contributed by atoms with Crippen LogP contribution in [0.15, 0.2) is 46.8 Å². The molecule has 5 heterocycles. The maximum Gasteiger partial charge on any atom is 0.254 e. The molecule has 0 bridgehead atoms. The number of H-pyrrole nitrogens is 1. The molecule has 2 aliphatic rings. The minimum absolute atomic E-state index is 0.0461. The number of aromatic amines is 1. The number of nitrogens with zero attached hydrogens (tertiary/aromatic N) is 4. The molecule has 8 nitrogen and oxygen atoms in total. The van der Waals surface area contributed by atoms with Crippen molar-refractivity contribution in [3.05, 3.63) is 79.9 Å². The third kappa shape index (κ3) is 3.95. The lowest BCUT2D eigenvalue weighted by atomic mass is 10.0. The zero-order chi connectivity index (χ0) is 22.1. The average molecular weight is 450 g/mol. The van der Waals surface area contributed by atoms with Crippen LogP contribution >= 0.6 is 11.3 Å². The number of thiophene rings is 1. The summed E-state index contributed by atoms with van der Waals surface area (Å²) in [6.45, 7) is 1.40. The van der Waals surface area contributed by atoms with Crippen LogP contribution in [0.5, 0.6) is 0 Å². The summed E-state index contributed by atoms with van der Waals surface area (Å²) in [5, 5.41) is 1.96. The smallest absolute Gasteiger partial charge is 0.254 e. The van der Waals surface area contributed by atoms with Crippen molar-refractivity contribution < 1.29 is 9.59 Å². The summed E-state index contributed by atoms with van der Waals surface area (Å²) in [7, 11) is 0. The van der Waals surface area contributed by atoms with Crippen LogP contribution < -0.4 is 5.56 Å². The molecule has 1 unspecified atom stereocenters. The number of carbonyl (C=O) groups is 2. The molecule has 0 saturated carbocycles. The number of aromatic nitrogens is 3. The second-order valence-corrected chi connectivity index (χ2v) is 9.12. The van der Waals surface area contributed by atoms with Gasteiger partial charge in [-0.1, -0.05) is 6.07 Å². The molecule has 1 N–H and O–H groups in total. The van der Waals surface area contributed by atoms with Gasteiger partial charge in [0.15, 0.2) is 0 Å². The number of fused-ring (bicyclic) bond motifs is 1. The van der Waals surface area contributed by atoms with Gasteiger partial charge in [0, 0.05) is 41.5 Å². The summed E-state index contributed by atoms with van der Waals surface area (Å²) in [6, 6.07) is 7.03. The third-order valence-electron chi connectivity index (χ3n) is 6.10. The molecule has 1 atom stereocenters. The largest absolute Gasteiger partial charge is 0.332 e. The molecular weight excluding hydrogens is 426 g/mol. The molecule has 0 spiro atoms. The van der Waals surface area contributed by atoms with Gasteiger partial charge < -0.3 is 14.8 Å². The van der Waals surface area contributed by atoms with Gasteiger partial charge >= 0.3 is 0 Å². The first-order valence-corrected chi connectivity index (χ1v) is 11.6. The second-order valence-electron chi connectivity index (χ2n) is 8.09. The Morgan fingerprint density at radius 1 is 1.19 bits per heavy atom. The Morgan fingerprint density at radius 3 is 2.81 bits per heavy atom. The van der Waals surface area contributed by atoms with Crippen LogP contribution in [0.4, 0.5) is 0 Å². The molecule has 0 aliphatic carbocycles. The van der Waals surface area contributed by atoms with E-state index in [2.05, 4.69) is 9.97 Å². The van der Waals surface area contributed by atoms with Gasteiger partial charge in [0.1, 0.15) is 5.82 Å². The molecule has 3 aromatic rings. The van der Waals surface area contributed by atoms with E-state index in [1.807, 2.05) is 22.4 Å². The number of rotatable bonds is 4. The first-order chi connectivity index (χ1) is 15.6. The van der Waals surface area contributed by atoms with E-state index in [-0.39, 0.29) is 30.0 Å². The van der Waals surface area contributed by atoms with Crippen molar-refractivity contribution in [1.82, 2.24) is 24.8 Å². The number of amides is 2. The number of carbonyl (C=O) groups excluding carboxylic acids is 2. The van der Waals surface area contributed by atoms with Gasteiger partial charge in [-0.05, 0) is 42.8 Å². The Kier molecular flexibility index (Phi) is 5.57. The van der Waals surface area contributed by atoms with E-state index in [1.54, 1.807) is 40.8 Å². The van der Waals surface area contributed by atoms with Crippen LogP contribution in [0.2, 0.25) is 0 Å². The Bertz CT molecular complexity index is 1190. The molecule has 3 aromatic heterocycles. The van der Waals surface area contributed by atoms with Gasteiger partial charge in [-0.15, -0.1) is 11.3 Å². The molecule has 1 fully saturated rings. The zero-order valence-corrected chi connectivity index (χ0v) is 18.3. The fourth-order valence-corrected chi connectivity index (χ4v) is 5.18. The molecule has 9 heteroatoms. The number of hydrogen-bond donors (Lipinski definition) is 1. The molecule has 2 aliphatic heterocycles. The summed E-state index contributed by atoms with van der Waals surface area (Å²) < 4.78 is 0. The zero-order valence-electron chi connectivity index (χ0n) is 17.5. The second kappa shape index (κ2) is 8.66. The molecule has 164 valence electrons. The SMILES string of the molecule is O=C(c1ccncc1)N1CCc2c(nc(C3CCCN3C(=O)Cc3cccs3)[nH]c2=O)C1. The highest BCUT2D eigenvalue weighted by Gasteiger charge is 2.33. The molecule has 0 radical (unpaired) electrons. The first-order valence-electron chi connectivity index (χ1n) is 10.7. The van der Waals surface area contributed by atoms with E-state index in [0.29, 0.717) is 48.6 Å². The highest BCUT2D eigenvalue weighted by molar-refractivity contribution is 7.10. The van der Waals surface area contributed by atoms with E-state index in [1.165, 1.54) is 0 Å². The minimum Gasteiger partial charge on any atom is -0.332 e. The van der Waals surface area contributed by atoms with Gasteiger partial charge in [0.2, 0.25) is 5.91 Å². The highest BCUT2D eigenvalue weighted by atomic mass is 32.1. The standard InChI is InChI=1S/C23H23N5O3S/c29-20(13-16-3-2-12-32-16)28-10-1-4-19(28)21-25-18-14-27(11-7-17(18)22(30)26-21)23(31)15-5-8-24-9-6-15/h2-3,5-6,8-9,12,19H,1,4,7,10-11,13-14H2,(H,25,26,30). The van der Waals surface area contributed by atoms with Gasteiger partial charge in [-0.2, -0.15) is 0 Å². The van der Waals surface area contributed by atoms with E-state index >= 15 is 0 Å². The van der Waals surface area contributed by atoms with Crippen molar-refractivity contribution in [2.75, 3.05) is 13.1 Å². The van der Waals surface area contributed by atoms with Crippen molar-refractivity contribution in [3.8, 4) is 0 Å². The molecule has 32 heavy (non-hydrogen) atoms. The number of pyridine rings is 1. The Hall–Kier alpha value is -3.33. The number of likely N-dealkylation sites (tertiary alicyclic amines) is 1. The van der Waals surface area contributed by atoms with Crippen molar-refractivity contribution >= 4 is 23.2 Å². The highest BCUT2D eigenvalue weighted by Crippen LogP contribution is 2.31. The summed E-state index contributed by atoms with van der Waals surface area (Å²) in [5.74, 6) is 0.462. The lowest BCUT2D eigenvalue weighted by Crippen LogP contribution is -2.40. The Labute approximate surface area is 188 Å². The lowest BCUT2D eigenvalue weighted by Gasteiger charge is -2.29. The first kappa shape index (κ1) is 20.6. The van der Waals surface area contributed by atoms with Crippen LogP contribution in [0.25, 0.3) is 0 Å². The van der Waals surface area contributed by atoms with Gasteiger partial charge in [-0.3, -0.25) is 19.4 Å². The van der Waals surface area contributed by atoms with Crippen LogP contribution in [0, 0.1) is 0 Å². The summed E-state index contributed by atoms with van der Waals surface area (Å²) in [6.07, 6.45) is 5.63. The van der Waals surface area contributed by atoms with Crippen molar-refractivity contribution in [2.45, 2.75) is 38.3 Å². The topological polar surface area (TPSA) is 99.3 Å². The van der Waals surface area contributed by atoms with Crippen molar-refractivity contribution in [2.24, 2.45) is 0 Å². The molecule has 0 aromatic carbocycles. The number of hydrogen-bond acceptors (Lipinski definition) is 6. The summed E-state index contributed by atoms with van der Waals surface area (Å²) in [4.78, 5) is 54.8. The van der Waals surface area contributed by atoms with Crippen LogP contribution in [-0.2, 0) is 24.2 Å². The maximum atomic E-state index is 12.9. The molecular formula is C23H23N5O3S. The quantitative estimate of drug-likeness (QED) is 0.659. The third-order valence-corrected chi connectivity index (χ3v) is 6.98. The molecule has 1 saturated heterocycles. The number of nitrogens with one attached hydrogen (secondary N) is 1. The monoisotopic (exact) mass is 449 g/mol. The van der Waals surface area contributed by atoms with E-state index in [4.69, 9.17) is 4.98 Å². The fourth-order valence-electron chi connectivity index (χ4n) is 4.48. The summed E-state index contributed by atoms with van der Waals surface area (Å²) in [5.41, 5.74) is 1.64. The minimum atomic E-state index is -0.244. The Balaban J connectivity index is 1.38. The van der Waals surface area contributed by atoms with Gasteiger partial charge in [-0.25, -0.2) is 4.98 Å². The van der Waals surface area contributed by atoms with Crippen LogP contribution in [0.1, 0.15) is 51.2 Å². The summed E-state index contributed by atoms with van der Waals surface area (Å²) >= 11 is 1.57. The average Bonchev–Trinajstić information content (AvgIpc) is 3.51. The predicted octanol–water partition coefficient (Wildman–Crippen LogP) is 2.33. The van der Waals surface area contributed by atoms with Gasteiger partial charge in [0.25, 0.3) is 11.5 Å². The van der Waals surface area contributed by atoms with E-state index in [9.17, 15) is 14.4 Å². The molecule has 2 amide bonds. The fraction of sp³-hybridized carbons (Fsp3) is 0.348. The van der Waals surface area contributed by atoms with Crippen LogP contribution in [-0.4, -0.2) is 49.7 Å².